The van der Waals surface area contributed by atoms with Crippen LogP contribution in [0.15, 0.2) is 24.3 Å². The molecule has 2 rings (SSSR count). The van der Waals surface area contributed by atoms with E-state index < -0.39 is 6.04 Å². The van der Waals surface area contributed by atoms with Gasteiger partial charge in [0.1, 0.15) is 11.9 Å². The fraction of sp³-hybridized carbons (Fsp3) is 0.500. The number of nitrogens with one attached hydrogen (secondary N) is 1. The fourth-order valence-corrected chi connectivity index (χ4v) is 2.30. The second kappa shape index (κ2) is 6.52. The molecule has 0 bridgehead atoms. The van der Waals surface area contributed by atoms with Crippen molar-refractivity contribution in [2.24, 2.45) is 5.92 Å². The van der Waals surface area contributed by atoms with E-state index in [1.165, 1.54) is 19.2 Å². The van der Waals surface area contributed by atoms with Gasteiger partial charge in [0.25, 0.3) is 0 Å². The fourth-order valence-electron chi connectivity index (χ4n) is 2.30. The Labute approximate surface area is 111 Å². The smallest absolute Gasteiger partial charge is 0.328 e. The molecule has 1 aliphatic heterocycles. The first-order valence-corrected chi connectivity index (χ1v) is 6.38. The molecule has 5 heteroatoms. The van der Waals surface area contributed by atoms with Crippen molar-refractivity contribution in [2.75, 3.05) is 25.6 Å². The van der Waals surface area contributed by atoms with Gasteiger partial charge in [0.05, 0.1) is 7.11 Å². The van der Waals surface area contributed by atoms with Gasteiger partial charge in [0.2, 0.25) is 0 Å². The van der Waals surface area contributed by atoms with Crippen molar-refractivity contribution in [3.05, 3.63) is 30.1 Å². The highest BCUT2D eigenvalue weighted by Crippen LogP contribution is 2.23. The first-order chi connectivity index (χ1) is 9.20. The Morgan fingerprint density at radius 3 is 2.84 bits per heavy atom. The minimum Gasteiger partial charge on any atom is -0.467 e. The van der Waals surface area contributed by atoms with Crippen LogP contribution >= 0.6 is 0 Å². The molecule has 1 heterocycles. The molecule has 0 aromatic heterocycles. The van der Waals surface area contributed by atoms with Crippen LogP contribution in [0.3, 0.4) is 0 Å². The van der Waals surface area contributed by atoms with Crippen LogP contribution in [-0.2, 0) is 14.3 Å². The lowest BCUT2D eigenvalue weighted by Gasteiger charge is -2.29. The third kappa shape index (κ3) is 3.67. The van der Waals surface area contributed by atoms with Crippen molar-refractivity contribution in [3.63, 3.8) is 0 Å². The Hall–Kier alpha value is -1.62. The molecule has 1 fully saturated rings. The van der Waals surface area contributed by atoms with Gasteiger partial charge in [-0.05, 0) is 37.0 Å². The largest absolute Gasteiger partial charge is 0.467 e. The Morgan fingerprint density at radius 1 is 1.47 bits per heavy atom. The molecule has 0 spiro atoms. The Kier molecular flexibility index (Phi) is 4.74. The van der Waals surface area contributed by atoms with Gasteiger partial charge in [0.15, 0.2) is 0 Å². The van der Waals surface area contributed by atoms with Gasteiger partial charge in [0, 0.05) is 18.9 Å². The highest BCUT2D eigenvalue weighted by molar-refractivity contribution is 5.79. The van der Waals surface area contributed by atoms with Crippen LogP contribution < -0.4 is 5.32 Å². The van der Waals surface area contributed by atoms with E-state index in [-0.39, 0.29) is 17.7 Å². The maximum Gasteiger partial charge on any atom is 0.328 e. The minimum atomic E-state index is -0.462. The zero-order valence-electron chi connectivity index (χ0n) is 10.9. The summed E-state index contributed by atoms with van der Waals surface area (Å²) in [6, 6.07) is 5.62. The van der Waals surface area contributed by atoms with E-state index in [4.69, 9.17) is 9.47 Å². The predicted octanol–water partition coefficient (Wildman–Crippen LogP) is 2.21. The van der Waals surface area contributed by atoms with E-state index >= 15 is 0 Å². The van der Waals surface area contributed by atoms with Crippen LogP contribution in [0.2, 0.25) is 0 Å². The lowest BCUT2D eigenvalue weighted by atomic mass is 9.91. The third-order valence-corrected chi connectivity index (χ3v) is 3.34. The van der Waals surface area contributed by atoms with E-state index in [9.17, 15) is 9.18 Å². The molecule has 1 atom stereocenters. The number of carbonyl (C=O) groups excluding carboxylic acids is 1. The minimum absolute atomic E-state index is 0.143. The van der Waals surface area contributed by atoms with Crippen molar-refractivity contribution >= 4 is 11.7 Å². The SMILES string of the molecule is COC(=O)C(Nc1cccc(F)c1)C1CCOCC1. The lowest BCUT2D eigenvalue weighted by molar-refractivity contribution is -0.143. The van der Waals surface area contributed by atoms with Gasteiger partial charge in [-0.15, -0.1) is 0 Å². The number of hydrogen-bond donors (Lipinski definition) is 1. The van der Waals surface area contributed by atoms with E-state index in [2.05, 4.69) is 5.32 Å². The summed E-state index contributed by atoms with van der Waals surface area (Å²) >= 11 is 0. The zero-order valence-corrected chi connectivity index (χ0v) is 10.9. The van der Waals surface area contributed by atoms with Crippen LogP contribution in [-0.4, -0.2) is 32.3 Å². The number of benzene rings is 1. The number of esters is 1. The highest BCUT2D eigenvalue weighted by Gasteiger charge is 2.30. The van der Waals surface area contributed by atoms with Crippen molar-refractivity contribution in [3.8, 4) is 0 Å². The summed E-state index contributed by atoms with van der Waals surface area (Å²) in [5.41, 5.74) is 0.585. The van der Waals surface area contributed by atoms with Crippen molar-refractivity contribution in [1.29, 1.82) is 0 Å². The van der Waals surface area contributed by atoms with Gasteiger partial charge in [-0.1, -0.05) is 6.07 Å². The summed E-state index contributed by atoms with van der Waals surface area (Å²) in [5, 5.41) is 3.07. The monoisotopic (exact) mass is 267 g/mol. The second-order valence-corrected chi connectivity index (χ2v) is 4.61. The molecule has 19 heavy (non-hydrogen) atoms. The number of hydrogen-bond acceptors (Lipinski definition) is 4. The van der Waals surface area contributed by atoms with Gasteiger partial charge < -0.3 is 14.8 Å². The summed E-state index contributed by atoms with van der Waals surface area (Å²) in [5.74, 6) is -0.513. The van der Waals surface area contributed by atoms with E-state index in [0.29, 0.717) is 18.9 Å². The topological polar surface area (TPSA) is 47.6 Å². The standard InChI is InChI=1S/C14H18FNO3/c1-18-14(17)13(10-5-7-19-8-6-10)16-12-4-2-3-11(15)9-12/h2-4,9-10,13,16H,5-8H2,1H3. The number of ether oxygens (including phenoxy) is 2. The van der Waals surface area contributed by atoms with Gasteiger partial charge in [-0.2, -0.15) is 0 Å². The molecule has 1 aromatic rings. The maximum atomic E-state index is 13.2. The first kappa shape index (κ1) is 13.8. The molecule has 104 valence electrons. The van der Waals surface area contributed by atoms with Crippen LogP contribution in [0, 0.1) is 11.7 Å². The molecule has 0 aliphatic carbocycles. The molecule has 0 amide bonds. The number of halogens is 1. The third-order valence-electron chi connectivity index (χ3n) is 3.34. The molecule has 4 nitrogen and oxygen atoms in total. The zero-order chi connectivity index (χ0) is 13.7. The normalized spacial score (nSPS) is 17.8. The number of rotatable bonds is 4. The van der Waals surface area contributed by atoms with Gasteiger partial charge >= 0.3 is 5.97 Å². The summed E-state index contributed by atoms with van der Waals surface area (Å²) in [4.78, 5) is 11.9. The number of methoxy groups -OCH3 is 1. The van der Waals surface area contributed by atoms with Crippen LogP contribution in [0.5, 0.6) is 0 Å². The molecule has 1 aliphatic rings. The molecular formula is C14H18FNO3. The Balaban J connectivity index is 2.11. The van der Waals surface area contributed by atoms with E-state index in [1.807, 2.05) is 0 Å². The maximum absolute atomic E-state index is 13.2. The highest BCUT2D eigenvalue weighted by atomic mass is 19.1. The molecular weight excluding hydrogens is 249 g/mol. The van der Waals surface area contributed by atoms with Crippen molar-refractivity contribution in [2.45, 2.75) is 18.9 Å². The summed E-state index contributed by atoms with van der Waals surface area (Å²) in [6.07, 6.45) is 1.59. The van der Waals surface area contributed by atoms with Gasteiger partial charge in [-0.3, -0.25) is 0 Å². The van der Waals surface area contributed by atoms with Crippen molar-refractivity contribution < 1.29 is 18.7 Å². The number of carbonyl (C=O) groups is 1. The van der Waals surface area contributed by atoms with E-state index in [1.54, 1.807) is 12.1 Å². The molecule has 0 saturated carbocycles. The summed E-state index contributed by atoms with van der Waals surface area (Å²) in [7, 11) is 1.36. The van der Waals surface area contributed by atoms with Crippen LogP contribution in [0.1, 0.15) is 12.8 Å². The molecule has 0 radical (unpaired) electrons. The van der Waals surface area contributed by atoms with Crippen LogP contribution in [0.25, 0.3) is 0 Å². The average Bonchev–Trinajstić information content (AvgIpc) is 2.45. The van der Waals surface area contributed by atoms with Crippen LogP contribution in [0.4, 0.5) is 10.1 Å². The van der Waals surface area contributed by atoms with Crippen molar-refractivity contribution in [1.82, 2.24) is 0 Å². The summed E-state index contributed by atoms with van der Waals surface area (Å²) in [6.45, 7) is 1.28. The van der Waals surface area contributed by atoms with E-state index in [0.717, 1.165) is 12.8 Å². The van der Waals surface area contributed by atoms with Gasteiger partial charge in [-0.25, -0.2) is 9.18 Å². The summed E-state index contributed by atoms with van der Waals surface area (Å²) < 4.78 is 23.3. The predicted molar refractivity (Wildman–Crippen MR) is 69.4 cm³/mol. The Morgan fingerprint density at radius 2 is 2.21 bits per heavy atom. The second-order valence-electron chi connectivity index (χ2n) is 4.61. The first-order valence-electron chi connectivity index (χ1n) is 6.38. The molecule has 1 unspecified atom stereocenters. The Bertz CT molecular complexity index is 432. The number of anilines is 1. The molecule has 1 aromatic carbocycles. The molecule has 1 saturated heterocycles. The average molecular weight is 267 g/mol. The lowest BCUT2D eigenvalue weighted by Crippen LogP contribution is -2.40. The quantitative estimate of drug-likeness (QED) is 0.850. The molecule has 1 N–H and O–H groups in total.